The van der Waals surface area contributed by atoms with Gasteiger partial charge in [-0.2, -0.15) is 0 Å². The van der Waals surface area contributed by atoms with Crippen molar-refractivity contribution in [3.63, 3.8) is 0 Å². The third kappa shape index (κ3) is 2.17. The fraction of sp³-hybridized carbons (Fsp3) is 0.0769. The number of amides is 2. The molecule has 2 aromatic rings. The smallest absolute Gasteiger partial charge is 0.293 e. The highest BCUT2D eigenvalue weighted by atomic mass is 79.9. The quantitative estimate of drug-likeness (QED) is 0.828. The highest BCUT2D eigenvalue weighted by Crippen LogP contribution is 2.30. The van der Waals surface area contributed by atoms with Gasteiger partial charge in [0.15, 0.2) is 5.76 Å². The maximum absolute atomic E-state index is 11.5. The van der Waals surface area contributed by atoms with Crippen LogP contribution in [-0.2, 0) is 16.0 Å². The number of aliphatic hydroxyl groups is 1. The third-order valence-electron chi connectivity index (χ3n) is 2.88. The van der Waals surface area contributed by atoms with Crippen molar-refractivity contribution in [3.05, 3.63) is 44.9 Å². The first-order valence-electron chi connectivity index (χ1n) is 5.50. The number of carbonyl (C=O) groups excluding carboxylic acids is 2. The zero-order valence-electron chi connectivity index (χ0n) is 9.57. The summed E-state index contributed by atoms with van der Waals surface area (Å²) in [6, 6.07) is 7.89. The lowest BCUT2D eigenvalue weighted by molar-refractivity contribution is -0.125. The molecule has 2 heterocycles. The van der Waals surface area contributed by atoms with Crippen molar-refractivity contribution in [2.45, 2.75) is 6.42 Å². The normalized spacial score (nSPS) is 15.4. The Hall–Kier alpha value is -1.66. The lowest BCUT2D eigenvalue weighted by atomic mass is 10.1. The first-order chi connectivity index (χ1) is 9.04. The molecule has 0 unspecified atom stereocenters. The standard InChI is InChI=1S/C13H8BrNO3S/c14-7-1-2-10-6(3-7)4-8(19-10)5-9-11(16)13(18)15-12(9)17/h1-4H,5H2,(H2,15,16,17,18). The predicted molar refractivity (Wildman–Crippen MR) is 76.0 cm³/mol. The van der Waals surface area contributed by atoms with Gasteiger partial charge in [0.1, 0.15) is 0 Å². The molecule has 4 nitrogen and oxygen atoms in total. The fourth-order valence-corrected chi connectivity index (χ4v) is 3.41. The van der Waals surface area contributed by atoms with Crippen molar-refractivity contribution in [3.8, 4) is 0 Å². The minimum atomic E-state index is -0.719. The van der Waals surface area contributed by atoms with Gasteiger partial charge in [-0.1, -0.05) is 15.9 Å². The van der Waals surface area contributed by atoms with E-state index in [4.69, 9.17) is 0 Å². The van der Waals surface area contributed by atoms with Gasteiger partial charge in [0.05, 0.1) is 5.57 Å². The summed E-state index contributed by atoms with van der Waals surface area (Å²) in [5.41, 5.74) is 0.135. The van der Waals surface area contributed by atoms with Gasteiger partial charge < -0.3 is 5.11 Å². The van der Waals surface area contributed by atoms with E-state index < -0.39 is 17.6 Å². The van der Waals surface area contributed by atoms with Crippen LogP contribution in [0.25, 0.3) is 10.1 Å². The van der Waals surface area contributed by atoms with E-state index in [1.807, 2.05) is 24.3 Å². The number of rotatable bonds is 2. The third-order valence-corrected chi connectivity index (χ3v) is 4.49. The summed E-state index contributed by atoms with van der Waals surface area (Å²) in [5.74, 6) is -1.70. The summed E-state index contributed by atoms with van der Waals surface area (Å²) in [4.78, 5) is 23.6. The molecular formula is C13H8BrNO3S. The summed E-state index contributed by atoms with van der Waals surface area (Å²) in [7, 11) is 0. The Bertz CT molecular complexity index is 747. The molecule has 0 fully saturated rings. The van der Waals surface area contributed by atoms with E-state index in [0.717, 1.165) is 19.4 Å². The number of benzene rings is 1. The Morgan fingerprint density at radius 1 is 1.21 bits per heavy atom. The van der Waals surface area contributed by atoms with E-state index >= 15 is 0 Å². The Morgan fingerprint density at radius 3 is 2.68 bits per heavy atom. The molecule has 0 spiro atoms. The van der Waals surface area contributed by atoms with E-state index in [9.17, 15) is 14.7 Å². The number of carbonyl (C=O) groups is 2. The molecule has 1 aromatic carbocycles. The fourth-order valence-electron chi connectivity index (χ4n) is 1.98. The number of hydrogen-bond donors (Lipinski definition) is 2. The van der Waals surface area contributed by atoms with Crippen LogP contribution in [0, 0.1) is 0 Å². The molecule has 96 valence electrons. The van der Waals surface area contributed by atoms with Crippen molar-refractivity contribution in [2.24, 2.45) is 0 Å². The minimum absolute atomic E-state index is 0.135. The number of nitrogens with one attached hydrogen (secondary N) is 1. The van der Waals surface area contributed by atoms with Crippen molar-refractivity contribution >= 4 is 49.2 Å². The average molecular weight is 338 g/mol. The summed E-state index contributed by atoms with van der Waals surface area (Å²) in [6.07, 6.45) is 0.264. The second-order valence-corrected chi connectivity index (χ2v) is 6.27. The first kappa shape index (κ1) is 12.4. The number of hydrogen-bond acceptors (Lipinski definition) is 4. The lowest BCUT2D eigenvalue weighted by Gasteiger charge is -1.95. The number of fused-ring (bicyclic) bond motifs is 1. The summed E-state index contributed by atoms with van der Waals surface area (Å²) >= 11 is 4.94. The largest absolute Gasteiger partial charge is 0.503 e. The molecule has 2 N–H and O–H groups in total. The molecule has 0 aliphatic carbocycles. The van der Waals surface area contributed by atoms with Gasteiger partial charge in [-0.15, -0.1) is 11.3 Å². The van der Waals surface area contributed by atoms with E-state index in [0.29, 0.717) is 0 Å². The van der Waals surface area contributed by atoms with Crippen molar-refractivity contribution in [1.29, 1.82) is 0 Å². The van der Waals surface area contributed by atoms with Crippen LogP contribution in [0.3, 0.4) is 0 Å². The molecule has 0 atom stereocenters. The molecular weight excluding hydrogens is 330 g/mol. The molecule has 19 heavy (non-hydrogen) atoms. The zero-order chi connectivity index (χ0) is 13.6. The van der Waals surface area contributed by atoms with Crippen LogP contribution in [0.2, 0.25) is 0 Å². The summed E-state index contributed by atoms with van der Waals surface area (Å²) in [5, 5.41) is 12.7. The van der Waals surface area contributed by atoms with Gasteiger partial charge in [0, 0.05) is 20.5 Å². The number of halogens is 1. The molecule has 1 aliphatic heterocycles. The van der Waals surface area contributed by atoms with Gasteiger partial charge in [0.2, 0.25) is 0 Å². The van der Waals surface area contributed by atoms with Gasteiger partial charge in [-0.3, -0.25) is 14.9 Å². The van der Waals surface area contributed by atoms with Crippen molar-refractivity contribution < 1.29 is 14.7 Å². The monoisotopic (exact) mass is 337 g/mol. The molecule has 0 saturated carbocycles. The summed E-state index contributed by atoms with van der Waals surface area (Å²) < 4.78 is 2.09. The Balaban J connectivity index is 1.98. The van der Waals surface area contributed by atoms with Crippen LogP contribution in [0.4, 0.5) is 0 Å². The SMILES string of the molecule is O=C1NC(=O)C(Cc2cc3cc(Br)ccc3s2)=C1O. The van der Waals surface area contributed by atoms with Crippen LogP contribution in [0.15, 0.2) is 40.1 Å². The molecule has 0 bridgehead atoms. The maximum atomic E-state index is 11.5. The highest BCUT2D eigenvalue weighted by molar-refractivity contribution is 9.10. The molecule has 2 amide bonds. The number of imide groups is 1. The second kappa shape index (κ2) is 4.47. The van der Waals surface area contributed by atoms with E-state index in [2.05, 4.69) is 21.2 Å². The highest BCUT2D eigenvalue weighted by Gasteiger charge is 2.30. The molecule has 0 saturated heterocycles. The zero-order valence-corrected chi connectivity index (χ0v) is 12.0. The molecule has 3 rings (SSSR count). The first-order valence-corrected chi connectivity index (χ1v) is 7.11. The molecule has 1 aromatic heterocycles. The number of aliphatic hydroxyl groups excluding tert-OH is 1. The predicted octanol–water partition coefficient (Wildman–Crippen LogP) is 2.67. The molecule has 1 aliphatic rings. The number of thiophene rings is 1. The van der Waals surface area contributed by atoms with Crippen LogP contribution >= 0.6 is 27.3 Å². The average Bonchev–Trinajstić information content (AvgIpc) is 2.85. The Labute approximate surface area is 120 Å². The summed E-state index contributed by atoms with van der Waals surface area (Å²) in [6.45, 7) is 0. The topological polar surface area (TPSA) is 66.4 Å². The Morgan fingerprint density at radius 2 is 2.00 bits per heavy atom. The Kier molecular flexibility index (Phi) is 2.91. The molecule has 0 radical (unpaired) electrons. The van der Waals surface area contributed by atoms with Crippen LogP contribution < -0.4 is 5.32 Å². The van der Waals surface area contributed by atoms with Gasteiger partial charge in [-0.25, -0.2) is 0 Å². The lowest BCUT2D eigenvalue weighted by Crippen LogP contribution is -2.23. The van der Waals surface area contributed by atoms with Crippen molar-refractivity contribution in [1.82, 2.24) is 5.32 Å². The van der Waals surface area contributed by atoms with Gasteiger partial charge in [0.25, 0.3) is 11.8 Å². The molecule has 6 heteroatoms. The van der Waals surface area contributed by atoms with Crippen LogP contribution in [0.5, 0.6) is 0 Å². The van der Waals surface area contributed by atoms with Crippen LogP contribution in [-0.4, -0.2) is 16.9 Å². The van der Waals surface area contributed by atoms with E-state index in [1.165, 1.54) is 0 Å². The minimum Gasteiger partial charge on any atom is -0.503 e. The van der Waals surface area contributed by atoms with Crippen LogP contribution in [0.1, 0.15) is 4.88 Å². The maximum Gasteiger partial charge on any atom is 0.293 e. The van der Waals surface area contributed by atoms with Gasteiger partial charge >= 0.3 is 0 Å². The van der Waals surface area contributed by atoms with Crippen molar-refractivity contribution in [2.75, 3.05) is 0 Å². The van der Waals surface area contributed by atoms with Gasteiger partial charge in [-0.05, 0) is 29.7 Å². The van der Waals surface area contributed by atoms with E-state index in [1.54, 1.807) is 11.3 Å². The second-order valence-electron chi connectivity index (χ2n) is 4.18. The van der Waals surface area contributed by atoms with E-state index in [-0.39, 0.29) is 12.0 Å².